The van der Waals surface area contributed by atoms with Crippen LogP contribution in [0.1, 0.15) is 16.8 Å². The summed E-state index contributed by atoms with van der Waals surface area (Å²) in [5.41, 5.74) is 5.43. The van der Waals surface area contributed by atoms with Crippen LogP contribution < -0.4 is 0 Å². The molecule has 0 saturated heterocycles. The molecule has 1 aliphatic heterocycles. The zero-order chi connectivity index (χ0) is 18.4. The fourth-order valence-electron chi connectivity index (χ4n) is 4.05. The van der Waals surface area contributed by atoms with Gasteiger partial charge in [-0.05, 0) is 53.6 Å². The molecule has 3 aromatic carbocycles. The standard InChI is InChI=1S/C23H18F2N2.ClH/c24-17-6-9-19(10-7-17)27-22-11-8-18(25)12-20(22)21-14-26(15-23(21)27)13-16-4-2-1-3-5-16;/h1-12H,13-15H2;1H. The summed E-state index contributed by atoms with van der Waals surface area (Å²) in [7, 11) is 0. The lowest BCUT2D eigenvalue weighted by atomic mass is 10.1. The maximum Gasteiger partial charge on any atom is 0.123 e. The molecule has 2 nitrogen and oxygen atoms in total. The first-order valence-electron chi connectivity index (χ1n) is 9.03. The third-order valence-corrected chi connectivity index (χ3v) is 5.23. The Morgan fingerprint density at radius 3 is 2.25 bits per heavy atom. The zero-order valence-electron chi connectivity index (χ0n) is 15.1. The minimum atomic E-state index is -0.261. The molecule has 5 heteroatoms. The fraction of sp³-hybridized carbons (Fsp3) is 0.130. The zero-order valence-corrected chi connectivity index (χ0v) is 15.9. The second-order valence-corrected chi connectivity index (χ2v) is 7.03. The van der Waals surface area contributed by atoms with E-state index < -0.39 is 0 Å². The summed E-state index contributed by atoms with van der Waals surface area (Å²) in [5, 5.41) is 0.935. The van der Waals surface area contributed by atoms with Crippen molar-refractivity contribution in [2.75, 3.05) is 0 Å². The number of nitrogens with zero attached hydrogens (tertiary/aromatic N) is 2. The maximum absolute atomic E-state index is 13.9. The lowest BCUT2D eigenvalue weighted by Gasteiger charge is -2.17. The SMILES string of the molecule is Cl.Fc1ccc(-n2c3c(c4cc(F)ccc42)CN(Cc2ccccc2)C3)cc1. The summed E-state index contributed by atoms with van der Waals surface area (Å²) in [6.07, 6.45) is 0. The van der Waals surface area contributed by atoms with Crippen molar-refractivity contribution in [3.05, 3.63) is 101 Å². The van der Waals surface area contributed by atoms with E-state index in [9.17, 15) is 8.78 Å². The van der Waals surface area contributed by atoms with E-state index in [-0.39, 0.29) is 24.0 Å². The normalized spacial score (nSPS) is 13.5. The van der Waals surface area contributed by atoms with Crippen LogP contribution in [0.4, 0.5) is 8.78 Å². The van der Waals surface area contributed by atoms with Crippen LogP contribution in [-0.4, -0.2) is 9.47 Å². The summed E-state index contributed by atoms with van der Waals surface area (Å²) in [4.78, 5) is 2.35. The van der Waals surface area contributed by atoms with Gasteiger partial charge in [0.05, 0.1) is 5.52 Å². The van der Waals surface area contributed by atoms with Crippen molar-refractivity contribution in [1.82, 2.24) is 9.47 Å². The fourth-order valence-corrected chi connectivity index (χ4v) is 4.05. The van der Waals surface area contributed by atoms with Crippen LogP contribution in [0.25, 0.3) is 16.6 Å². The highest BCUT2D eigenvalue weighted by Gasteiger charge is 2.27. The van der Waals surface area contributed by atoms with E-state index in [1.807, 2.05) is 24.3 Å². The van der Waals surface area contributed by atoms with Crippen LogP contribution in [0.2, 0.25) is 0 Å². The van der Waals surface area contributed by atoms with Gasteiger partial charge in [0, 0.05) is 36.4 Å². The van der Waals surface area contributed by atoms with Crippen LogP contribution >= 0.6 is 12.4 Å². The molecule has 0 saturated carbocycles. The summed E-state index contributed by atoms with van der Waals surface area (Å²) < 4.78 is 29.5. The van der Waals surface area contributed by atoms with Crippen molar-refractivity contribution in [2.24, 2.45) is 0 Å². The molecule has 0 spiro atoms. The quantitative estimate of drug-likeness (QED) is 0.422. The lowest BCUT2D eigenvalue weighted by Crippen LogP contribution is -2.17. The number of benzene rings is 3. The molecule has 0 atom stereocenters. The molecule has 4 aromatic rings. The molecular formula is C23H19ClF2N2. The van der Waals surface area contributed by atoms with Crippen LogP contribution in [0.15, 0.2) is 72.8 Å². The van der Waals surface area contributed by atoms with E-state index >= 15 is 0 Å². The predicted molar refractivity (Wildman–Crippen MR) is 110 cm³/mol. The Bertz CT molecular complexity index is 1120. The van der Waals surface area contributed by atoms with Gasteiger partial charge in [-0.1, -0.05) is 30.3 Å². The van der Waals surface area contributed by atoms with Gasteiger partial charge in [-0.25, -0.2) is 8.78 Å². The molecular weight excluding hydrogens is 378 g/mol. The van der Waals surface area contributed by atoms with Gasteiger partial charge in [0.1, 0.15) is 11.6 Å². The Morgan fingerprint density at radius 2 is 1.50 bits per heavy atom. The average Bonchev–Trinajstić information content (AvgIpc) is 3.20. The number of aromatic nitrogens is 1. The summed E-state index contributed by atoms with van der Waals surface area (Å²) in [6, 6.07) is 21.7. The molecule has 0 aliphatic carbocycles. The Labute approximate surface area is 168 Å². The van der Waals surface area contributed by atoms with E-state index in [0.29, 0.717) is 0 Å². The second kappa shape index (κ2) is 7.38. The predicted octanol–water partition coefficient (Wildman–Crippen LogP) is 5.85. The minimum Gasteiger partial charge on any atom is -0.312 e. The van der Waals surface area contributed by atoms with Crippen molar-refractivity contribution in [3.63, 3.8) is 0 Å². The third-order valence-electron chi connectivity index (χ3n) is 5.23. The van der Waals surface area contributed by atoms with Gasteiger partial charge in [0.15, 0.2) is 0 Å². The first-order chi connectivity index (χ1) is 13.2. The monoisotopic (exact) mass is 396 g/mol. The summed E-state index contributed by atoms with van der Waals surface area (Å²) in [6.45, 7) is 2.39. The Morgan fingerprint density at radius 1 is 0.786 bits per heavy atom. The van der Waals surface area contributed by atoms with E-state index in [4.69, 9.17) is 0 Å². The van der Waals surface area contributed by atoms with Gasteiger partial charge in [-0.2, -0.15) is 0 Å². The van der Waals surface area contributed by atoms with Crippen molar-refractivity contribution in [2.45, 2.75) is 19.6 Å². The Balaban J connectivity index is 0.00000192. The second-order valence-electron chi connectivity index (χ2n) is 7.03. The highest BCUT2D eigenvalue weighted by atomic mass is 35.5. The van der Waals surface area contributed by atoms with E-state index in [2.05, 4.69) is 21.6 Å². The molecule has 28 heavy (non-hydrogen) atoms. The molecule has 5 rings (SSSR count). The van der Waals surface area contributed by atoms with Crippen LogP contribution in [0.5, 0.6) is 0 Å². The van der Waals surface area contributed by atoms with Gasteiger partial charge < -0.3 is 4.57 Å². The average molecular weight is 397 g/mol. The van der Waals surface area contributed by atoms with Crippen molar-refractivity contribution >= 4 is 23.3 Å². The number of hydrogen-bond acceptors (Lipinski definition) is 1. The molecule has 2 heterocycles. The first-order valence-corrected chi connectivity index (χ1v) is 9.03. The third kappa shape index (κ3) is 3.19. The van der Waals surface area contributed by atoms with Crippen LogP contribution in [-0.2, 0) is 19.6 Å². The highest BCUT2D eigenvalue weighted by Crippen LogP contribution is 2.36. The molecule has 0 amide bonds. The first kappa shape index (κ1) is 18.7. The Hall–Kier alpha value is -2.69. The summed E-state index contributed by atoms with van der Waals surface area (Å²) in [5.74, 6) is -0.494. The number of rotatable bonds is 3. The maximum atomic E-state index is 13.9. The van der Waals surface area contributed by atoms with Crippen LogP contribution in [0.3, 0.4) is 0 Å². The molecule has 142 valence electrons. The van der Waals surface area contributed by atoms with Gasteiger partial charge >= 0.3 is 0 Å². The van der Waals surface area contributed by atoms with Gasteiger partial charge in [0.2, 0.25) is 0 Å². The van der Waals surface area contributed by atoms with E-state index in [1.54, 1.807) is 18.2 Å². The molecule has 0 bridgehead atoms. The molecule has 0 N–H and O–H groups in total. The summed E-state index contributed by atoms with van der Waals surface area (Å²) >= 11 is 0. The van der Waals surface area contributed by atoms with E-state index in [1.165, 1.54) is 23.8 Å². The van der Waals surface area contributed by atoms with Crippen molar-refractivity contribution in [3.8, 4) is 5.69 Å². The van der Waals surface area contributed by atoms with Crippen LogP contribution in [0, 0.1) is 11.6 Å². The number of fused-ring (bicyclic) bond motifs is 3. The van der Waals surface area contributed by atoms with Gasteiger partial charge in [0.25, 0.3) is 0 Å². The van der Waals surface area contributed by atoms with Gasteiger partial charge in [-0.15, -0.1) is 12.4 Å². The van der Waals surface area contributed by atoms with Crippen molar-refractivity contribution < 1.29 is 8.78 Å². The number of hydrogen-bond donors (Lipinski definition) is 0. The molecule has 0 unspecified atom stereocenters. The molecule has 1 aromatic heterocycles. The van der Waals surface area contributed by atoms with Crippen molar-refractivity contribution in [1.29, 1.82) is 0 Å². The number of halogens is 3. The smallest absolute Gasteiger partial charge is 0.123 e. The van der Waals surface area contributed by atoms with E-state index in [0.717, 1.165) is 47.5 Å². The Kier molecular flexibility index (Phi) is 4.92. The van der Waals surface area contributed by atoms with Gasteiger partial charge in [-0.3, -0.25) is 4.90 Å². The topological polar surface area (TPSA) is 8.17 Å². The molecule has 0 radical (unpaired) electrons. The molecule has 1 aliphatic rings. The highest BCUT2D eigenvalue weighted by molar-refractivity contribution is 5.88. The minimum absolute atomic E-state index is 0. The molecule has 0 fully saturated rings. The lowest BCUT2D eigenvalue weighted by molar-refractivity contribution is 0.273. The largest absolute Gasteiger partial charge is 0.312 e.